The summed E-state index contributed by atoms with van der Waals surface area (Å²) in [7, 11) is 2.03. The molecule has 0 aromatic carbocycles. The lowest BCUT2D eigenvalue weighted by molar-refractivity contribution is 0.532. The van der Waals surface area contributed by atoms with Crippen LogP contribution >= 0.6 is 22.9 Å². The van der Waals surface area contributed by atoms with Crippen LogP contribution in [0.3, 0.4) is 0 Å². The van der Waals surface area contributed by atoms with Crippen molar-refractivity contribution in [3.63, 3.8) is 0 Å². The predicted molar refractivity (Wildman–Crippen MR) is 40.3 cm³/mol. The third kappa shape index (κ3) is 6.65. The first-order chi connectivity index (χ1) is 3.27. The summed E-state index contributed by atoms with van der Waals surface area (Å²) in [5.41, 5.74) is 0. The first-order valence-corrected chi connectivity index (χ1v) is 3.31. The van der Waals surface area contributed by atoms with Crippen molar-refractivity contribution in [2.45, 2.75) is 6.92 Å². The monoisotopic (exact) mass is 214 g/mol. The maximum Gasteiger partial charge on any atom is 0.0570 e. The van der Waals surface area contributed by atoms with E-state index >= 15 is 0 Å². The first-order valence-electron chi connectivity index (χ1n) is 2.35. The van der Waals surface area contributed by atoms with Gasteiger partial charge in [-0.15, -0.1) is 0 Å². The Morgan fingerprint density at radius 3 is 2.43 bits per heavy atom. The highest BCUT2D eigenvalue weighted by atomic mass is 127. The van der Waals surface area contributed by atoms with Gasteiger partial charge in [0.1, 0.15) is 0 Å². The SMILES string of the molecule is CCNCN(C)I. The number of hydrogen-bond acceptors (Lipinski definition) is 2. The number of halogens is 1. The van der Waals surface area contributed by atoms with Gasteiger partial charge in [0.05, 0.1) is 6.67 Å². The van der Waals surface area contributed by atoms with Crippen LogP contribution in [0, 0.1) is 0 Å². The fourth-order valence-corrected chi connectivity index (χ4v) is 0.507. The minimum absolute atomic E-state index is 0.969. The molecule has 0 aliphatic carbocycles. The molecule has 0 rings (SSSR count). The van der Waals surface area contributed by atoms with E-state index in [1.807, 2.05) is 7.05 Å². The first kappa shape index (κ1) is 7.65. The molecule has 0 aliphatic rings. The van der Waals surface area contributed by atoms with Crippen molar-refractivity contribution in [3.05, 3.63) is 0 Å². The Bertz CT molecular complexity index is 38.7. The van der Waals surface area contributed by atoms with Gasteiger partial charge < -0.3 is 5.32 Å². The predicted octanol–water partition coefficient (Wildman–Crippen LogP) is 0.835. The van der Waals surface area contributed by atoms with Crippen LogP contribution in [0.2, 0.25) is 0 Å². The molecule has 0 heterocycles. The fourth-order valence-electron chi connectivity index (χ4n) is 0.266. The summed E-state index contributed by atoms with van der Waals surface area (Å²) in [5.74, 6) is 0. The molecule has 7 heavy (non-hydrogen) atoms. The van der Waals surface area contributed by atoms with E-state index in [0.717, 1.165) is 13.2 Å². The van der Waals surface area contributed by atoms with E-state index in [1.54, 1.807) is 0 Å². The second-order valence-corrected chi connectivity index (χ2v) is 3.01. The zero-order valence-electron chi connectivity index (χ0n) is 4.74. The topological polar surface area (TPSA) is 15.3 Å². The highest BCUT2D eigenvalue weighted by molar-refractivity contribution is 14.1. The maximum atomic E-state index is 3.17. The highest BCUT2D eigenvalue weighted by Crippen LogP contribution is 1.86. The van der Waals surface area contributed by atoms with Gasteiger partial charge in [-0.3, -0.25) is 0 Å². The normalized spacial score (nSPS) is 10.3. The van der Waals surface area contributed by atoms with Gasteiger partial charge in [0, 0.05) is 22.9 Å². The summed E-state index contributed by atoms with van der Waals surface area (Å²) in [6, 6.07) is 0. The van der Waals surface area contributed by atoms with Crippen molar-refractivity contribution in [2.24, 2.45) is 0 Å². The van der Waals surface area contributed by atoms with E-state index < -0.39 is 0 Å². The molecule has 0 atom stereocenters. The van der Waals surface area contributed by atoms with Crippen LogP contribution in [0.5, 0.6) is 0 Å². The minimum Gasteiger partial charge on any atom is -0.304 e. The molecule has 3 heteroatoms. The maximum absolute atomic E-state index is 3.17. The summed E-state index contributed by atoms with van der Waals surface area (Å²) in [5, 5.41) is 3.17. The van der Waals surface area contributed by atoms with Crippen LogP contribution < -0.4 is 5.32 Å². The molecule has 0 fully saturated rings. The van der Waals surface area contributed by atoms with E-state index in [4.69, 9.17) is 0 Å². The smallest absolute Gasteiger partial charge is 0.0570 e. The molecule has 0 bridgehead atoms. The van der Waals surface area contributed by atoms with Gasteiger partial charge in [0.2, 0.25) is 0 Å². The summed E-state index contributed by atoms with van der Waals surface area (Å²) in [6.07, 6.45) is 0. The molecule has 0 unspecified atom stereocenters. The van der Waals surface area contributed by atoms with Crippen LogP contribution in [-0.4, -0.2) is 23.4 Å². The highest BCUT2D eigenvalue weighted by Gasteiger charge is 1.83. The van der Waals surface area contributed by atoms with E-state index in [1.165, 1.54) is 0 Å². The van der Waals surface area contributed by atoms with Crippen molar-refractivity contribution in [1.29, 1.82) is 0 Å². The third-order valence-electron chi connectivity index (χ3n) is 0.580. The van der Waals surface area contributed by atoms with Crippen LogP contribution in [0.15, 0.2) is 0 Å². The van der Waals surface area contributed by atoms with Crippen LogP contribution in [0.4, 0.5) is 0 Å². The lowest BCUT2D eigenvalue weighted by Gasteiger charge is -2.05. The summed E-state index contributed by atoms with van der Waals surface area (Å²) < 4.78 is 2.07. The van der Waals surface area contributed by atoms with Crippen LogP contribution in [-0.2, 0) is 0 Å². The molecule has 0 aromatic heterocycles. The molecule has 44 valence electrons. The van der Waals surface area contributed by atoms with Gasteiger partial charge in [0.15, 0.2) is 0 Å². The fraction of sp³-hybridized carbons (Fsp3) is 1.00. The van der Waals surface area contributed by atoms with Gasteiger partial charge in [0.25, 0.3) is 0 Å². The summed E-state index contributed by atoms with van der Waals surface area (Å²) in [6.45, 7) is 4.12. The Morgan fingerprint density at radius 1 is 1.71 bits per heavy atom. The average Bonchev–Trinajstić information content (AvgIpc) is 1.61. The number of hydrogen-bond donors (Lipinski definition) is 1. The van der Waals surface area contributed by atoms with E-state index in [2.05, 4.69) is 38.2 Å². The second kappa shape index (κ2) is 4.80. The molecule has 0 amide bonds. The van der Waals surface area contributed by atoms with Gasteiger partial charge in [-0.1, -0.05) is 6.92 Å². The number of rotatable bonds is 3. The van der Waals surface area contributed by atoms with Gasteiger partial charge in [-0.2, -0.15) is 0 Å². The zero-order chi connectivity index (χ0) is 5.70. The number of nitrogens with one attached hydrogen (secondary N) is 1. The van der Waals surface area contributed by atoms with Gasteiger partial charge in [-0.25, -0.2) is 3.11 Å². The molecule has 0 saturated carbocycles. The quantitative estimate of drug-likeness (QED) is 0.425. The van der Waals surface area contributed by atoms with Crippen molar-refractivity contribution in [3.8, 4) is 0 Å². The second-order valence-electron chi connectivity index (χ2n) is 1.37. The Balaban J connectivity index is 2.68. The van der Waals surface area contributed by atoms with Crippen molar-refractivity contribution in [1.82, 2.24) is 8.43 Å². The zero-order valence-corrected chi connectivity index (χ0v) is 6.90. The van der Waals surface area contributed by atoms with E-state index in [0.29, 0.717) is 0 Å². The molecule has 2 nitrogen and oxygen atoms in total. The molecule has 0 radical (unpaired) electrons. The van der Waals surface area contributed by atoms with Gasteiger partial charge >= 0.3 is 0 Å². The standard InChI is InChI=1S/C4H11IN2/c1-3-6-4-7(2)5/h6H,3-4H2,1-2H3. The van der Waals surface area contributed by atoms with E-state index in [-0.39, 0.29) is 0 Å². The molecule has 0 aromatic rings. The van der Waals surface area contributed by atoms with Crippen molar-refractivity contribution in [2.75, 3.05) is 20.3 Å². The Kier molecular flexibility index (Phi) is 5.25. The van der Waals surface area contributed by atoms with E-state index in [9.17, 15) is 0 Å². The molecule has 1 N–H and O–H groups in total. The van der Waals surface area contributed by atoms with Crippen LogP contribution in [0.1, 0.15) is 6.92 Å². The lowest BCUT2D eigenvalue weighted by atomic mass is 10.7. The average molecular weight is 214 g/mol. The Hall–Kier alpha value is 0.650. The summed E-state index contributed by atoms with van der Waals surface area (Å²) >= 11 is 2.24. The minimum atomic E-state index is 0.969. The van der Waals surface area contributed by atoms with Gasteiger partial charge in [-0.05, 0) is 13.6 Å². The molecule has 0 spiro atoms. The molecular weight excluding hydrogens is 203 g/mol. The third-order valence-corrected chi connectivity index (χ3v) is 0.921. The van der Waals surface area contributed by atoms with Crippen molar-refractivity contribution < 1.29 is 0 Å². The Labute approximate surface area is 58.8 Å². The van der Waals surface area contributed by atoms with Crippen LogP contribution in [0.25, 0.3) is 0 Å². The molecule has 0 aliphatic heterocycles. The Morgan fingerprint density at radius 2 is 2.29 bits per heavy atom. The molecular formula is C4H11IN2. The number of nitrogens with zero attached hydrogens (tertiary/aromatic N) is 1. The molecule has 0 saturated heterocycles. The largest absolute Gasteiger partial charge is 0.304 e. The summed E-state index contributed by atoms with van der Waals surface area (Å²) in [4.78, 5) is 0. The van der Waals surface area contributed by atoms with Crippen molar-refractivity contribution >= 4 is 22.9 Å². The lowest BCUT2D eigenvalue weighted by Crippen LogP contribution is -2.23.